The molecule has 2 aromatic heterocycles. The maximum Gasteiger partial charge on any atom is 0.230 e. The Kier molecular flexibility index (Phi) is 5.55. The van der Waals surface area contributed by atoms with Crippen LogP contribution in [0.25, 0.3) is 10.2 Å². The normalized spacial score (nSPS) is 11.1. The van der Waals surface area contributed by atoms with Gasteiger partial charge in [-0.15, -0.1) is 0 Å². The third-order valence-corrected chi connectivity index (χ3v) is 5.85. The van der Waals surface area contributed by atoms with Crippen LogP contribution in [0.2, 0.25) is 0 Å². The number of aromatic nitrogens is 2. The minimum atomic E-state index is -0.0900. The first kappa shape index (κ1) is 20.1. The maximum absolute atomic E-state index is 12.5. The minimum Gasteiger partial charge on any atom is -0.489 e. The molecule has 0 saturated carbocycles. The topological polar surface area (TPSA) is 77.2 Å². The van der Waals surface area contributed by atoms with E-state index in [1.807, 2.05) is 45.0 Å². The molecule has 0 radical (unpaired) electrons. The van der Waals surface area contributed by atoms with Gasteiger partial charge in [-0.25, -0.2) is 4.98 Å². The lowest BCUT2D eigenvalue weighted by Crippen LogP contribution is -2.14. The molecule has 2 aromatic carbocycles. The van der Waals surface area contributed by atoms with E-state index in [0.717, 1.165) is 44.1 Å². The van der Waals surface area contributed by atoms with Gasteiger partial charge in [-0.1, -0.05) is 34.7 Å². The van der Waals surface area contributed by atoms with Gasteiger partial charge in [0.1, 0.15) is 18.1 Å². The van der Waals surface area contributed by atoms with Crippen molar-refractivity contribution in [3.05, 3.63) is 70.1 Å². The van der Waals surface area contributed by atoms with Crippen LogP contribution < -0.4 is 10.1 Å². The predicted molar refractivity (Wildman–Crippen MR) is 118 cm³/mol. The Morgan fingerprint density at radius 3 is 2.60 bits per heavy atom. The van der Waals surface area contributed by atoms with Crippen LogP contribution in [0.4, 0.5) is 5.13 Å². The zero-order chi connectivity index (χ0) is 21.3. The number of thiazole rings is 1. The van der Waals surface area contributed by atoms with Crippen molar-refractivity contribution in [2.75, 3.05) is 5.32 Å². The van der Waals surface area contributed by atoms with Gasteiger partial charge in [-0.2, -0.15) is 0 Å². The molecule has 1 N–H and O–H groups in total. The fraction of sp³-hybridized carbons (Fsp3) is 0.261. The second kappa shape index (κ2) is 8.28. The van der Waals surface area contributed by atoms with Crippen LogP contribution in [0.3, 0.4) is 0 Å². The number of nitrogens with zero attached hydrogens (tertiary/aromatic N) is 2. The lowest BCUT2D eigenvalue weighted by atomic mass is 10.1. The second-order valence-electron chi connectivity index (χ2n) is 7.41. The highest BCUT2D eigenvalue weighted by Crippen LogP contribution is 2.29. The molecule has 4 rings (SSSR count). The van der Waals surface area contributed by atoms with Gasteiger partial charge in [0.25, 0.3) is 0 Å². The molecule has 6 nitrogen and oxygen atoms in total. The molecule has 2 heterocycles. The summed E-state index contributed by atoms with van der Waals surface area (Å²) < 4.78 is 12.0. The third-order valence-electron chi connectivity index (χ3n) is 4.93. The van der Waals surface area contributed by atoms with E-state index in [-0.39, 0.29) is 12.3 Å². The van der Waals surface area contributed by atoms with Gasteiger partial charge in [-0.05, 0) is 62.6 Å². The molecule has 154 valence electrons. The van der Waals surface area contributed by atoms with Gasteiger partial charge >= 0.3 is 0 Å². The third kappa shape index (κ3) is 4.36. The smallest absolute Gasteiger partial charge is 0.230 e. The van der Waals surface area contributed by atoms with Gasteiger partial charge in [0.2, 0.25) is 5.91 Å². The van der Waals surface area contributed by atoms with E-state index in [0.29, 0.717) is 11.7 Å². The molecule has 7 heteroatoms. The highest BCUT2D eigenvalue weighted by atomic mass is 32.1. The molecule has 0 aliphatic heterocycles. The number of benzene rings is 2. The predicted octanol–water partition coefficient (Wildman–Crippen LogP) is 5.28. The molecule has 0 bridgehead atoms. The molecule has 0 aliphatic rings. The van der Waals surface area contributed by atoms with E-state index in [1.165, 1.54) is 16.9 Å². The Labute approximate surface area is 178 Å². The summed E-state index contributed by atoms with van der Waals surface area (Å²) in [6.07, 6.45) is 0.276. The van der Waals surface area contributed by atoms with Crippen molar-refractivity contribution in [3.8, 4) is 5.75 Å². The summed E-state index contributed by atoms with van der Waals surface area (Å²) in [6, 6.07) is 11.7. The van der Waals surface area contributed by atoms with E-state index in [4.69, 9.17) is 9.26 Å². The molecule has 0 fully saturated rings. The number of carbonyl (C=O) groups excluding carboxylic acids is 1. The largest absolute Gasteiger partial charge is 0.489 e. The maximum atomic E-state index is 12.5. The number of hydrogen-bond donors (Lipinski definition) is 1. The Bertz CT molecular complexity index is 1190. The Morgan fingerprint density at radius 1 is 1.13 bits per heavy atom. The molecule has 4 aromatic rings. The molecular formula is C23H23N3O3S. The Balaban J connectivity index is 1.36. The number of carbonyl (C=O) groups is 1. The second-order valence-corrected chi connectivity index (χ2v) is 8.44. The summed E-state index contributed by atoms with van der Waals surface area (Å²) >= 11 is 1.50. The summed E-state index contributed by atoms with van der Waals surface area (Å²) in [4.78, 5) is 17.0. The molecular weight excluding hydrogens is 398 g/mol. The van der Waals surface area contributed by atoms with Gasteiger partial charge < -0.3 is 14.6 Å². The standard InChI is InChI=1S/C23H23N3O3S/c1-13-9-14(2)22-20(10-13)30-23(25-22)24-21(27)11-17-5-7-18(8-6-17)28-12-19-15(3)26-29-16(19)4/h5-10H,11-12H2,1-4H3,(H,24,25,27). The van der Waals surface area contributed by atoms with Crippen LogP contribution >= 0.6 is 11.3 Å². The molecule has 0 atom stereocenters. The van der Waals surface area contributed by atoms with Gasteiger partial charge in [0, 0.05) is 0 Å². The average Bonchev–Trinajstić information content (AvgIpc) is 3.24. The Hall–Kier alpha value is -3.19. The van der Waals surface area contributed by atoms with Crippen molar-refractivity contribution in [3.63, 3.8) is 0 Å². The summed E-state index contributed by atoms with van der Waals surface area (Å²) in [5, 5.41) is 7.47. The number of hydrogen-bond acceptors (Lipinski definition) is 6. The van der Waals surface area contributed by atoms with Crippen LogP contribution in [0.15, 0.2) is 40.9 Å². The quantitative estimate of drug-likeness (QED) is 0.458. The van der Waals surface area contributed by atoms with Crippen molar-refractivity contribution in [1.82, 2.24) is 10.1 Å². The van der Waals surface area contributed by atoms with E-state index in [2.05, 4.69) is 34.5 Å². The lowest BCUT2D eigenvalue weighted by Gasteiger charge is -2.07. The highest BCUT2D eigenvalue weighted by molar-refractivity contribution is 7.22. The summed E-state index contributed by atoms with van der Waals surface area (Å²) in [5.41, 5.74) is 5.96. The van der Waals surface area contributed by atoms with Crippen LogP contribution in [0.1, 0.15) is 33.7 Å². The monoisotopic (exact) mass is 421 g/mol. The van der Waals surface area contributed by atoms with E-state index >= 15 is 0 Å². The van der Waals surface area contributed by atoms with Crippen molar-refractivity contribution < 1.29 is 14.1 Å². The lowest BCUT2D eigenvalue weighted by molar-refractivity contribution is -0.115. The van der Waals surface area contributed by atoms with E-state index in [1.54, 1.807) is 0 Å². The number of amides is 1. The number of ether oxygens (including phenoxy) is 1. The summed E-state index contributed by atoms with van der Waals surface area (Å²) in [7, 11) is 0. The highest BCUT2D eigenvalue weighted by Gasteiger charge is 2.12. The van der Waals surface area contributed by atoms with Gasteiger partial charge in [0.15, 0.2) is 5.13 Å². The number of aryl methyl sites for hydroxylation is 4. The zero-order valence-corrected chi connectivity index (χ0v) is 18.2. The fourth-order valence-corrected chi connectivity index (χ4v) is 4.40. The molecule has 1 amide bonds. The molecule has 0 unspecified atom stereocenters. The summed E-state index contributed by atoms with van der Waals surface area (Å²) in [6.45, 7) is 8.26. The zero-order valence-electron chi connectivity index (χ0n) is 17.4. The molecule has 0 saturated heterocycles. The van der Waals surface area contributed by atoms with Crippen molar-refractivity contribution in [2.45, 2.75) is 40.7 Å². The number of anilines is 1. The Morgan fingerprint density at radius 2 is 1.90 bits per heavy atom. The van der Waals surface area contributed by atoms with E-state index < -0.39 is 0 Å². The molecule has 0 aliphatic carbocycles. The molecule has 30 heavy (non-hydrogen) atoms. The number of nitrogens with one attached hydrogen (secondary N) is 1. The first-order valence-electron chi connectivity index (χ1n) is 9.70. The van der Waals surface area contributed by atoms with Crippen LogP contribution in [-0.4, -0.2) is 16.0 Å². The van der Waals surface area contributed by atoms with Crippen molar-refractivity contribution in [2.24, 2.45) is 0 Å². The van der Waals surface area contributed by atoms with Crippen molar-refractivity contribution >= 4 is 32.6 Å². The van der Waals surface area contributed by atoms with Crippen LogP contribution in [-0.2, 0) is 17.8 Å². The average molecular weight is 422 g/mol. The number of rotatable bonds is 6. The first-order valence-corrected chi connectivity index (χ1v) is 10.5. The first-order chi connectivity index (χ1) is 14.4. The van der Waals surface area contributed by atoms with E-state index in [9.17, 15) is 4.79 Å². The summed E-state index contributed by atoms with van der Waals surface area (Å²) in [5.74, 6) is 1.41. The van der Waals surface area contributed by atoms with Crippen LogP contribution in [0, 0.1) is 27.7 Å². The van der Waals surface area contributed by atoms with Crippen LogP contribution in [0.5, 0.6) is 5.75 Å². The minimum absolute atomic E-state index is 0.0900. The SMILES string of the molecule is Cc1cc(C)c2nc(NC(=O)Cc3ccc(OCc4c(C)noc4C)cc3)sc2c1. The fourth-order valence-electron chi connectivity index (χ4n) is 3.34. The van der Waals surface area contributed by atoms with Gasteiger partial charge in [-0.3, -0.25) is 4.79 Å². The molecule has 0 spiro atoms. The van der Waals surface area contributed by atoms with Gasteiger partial charge in [0.05, 0.1) is 27.9 Å². The van der Waals surface area contributed by atoms with Crippen molar-refractivity contribution in [1.29, 1.82) is 0 Å². The number of fused-ring (bicyclic) bond motifs is 1.